The van der Waals surface area contributed by atoms with Crippen molar-refractivity contribution in [3.05, 3.63) is 50.5 Å². The minimum atomic E-state index is -0.759. The number of nitrogens with one attached hydrogen (secondary N) is 1. The second-order valence-corrected chi connectivity index (χ2v) is 7.41. The fourth-order valence-electron chi connectivity index (χ4n) is 2.95. The lowest BCUT2D eigenvalue weighted by molar-refractivity contribution is -0.384. The van der Waals surface area contributed by atoms with E-state index in [9.17, 15) is 19.7 Å². The van der Waals surface area contributed by atoms with E-state index in [4.69, 9.17) is 4.74 Å². The monoisotopic (exact) mass is 505 g/mol. The fraction of sp³-hybridized carbons (Fsp3) is 0.333. The molecule has 0 aromatic heterocycles. The first-order valence-electron chi connectivity index (χ1n) is 9.95. The highest BCUT2D eigenvalue weighted by Crippen LogP contribution is 2.37. The number of hydrogen-bond donors (Lipinski definition) is 1. The van der Waals surface area contributed by atoms with Gasteiger partial charge in [0.05, 0.1) is 27.3 Å². The van der Waals surface area contributed by atoms with Gasteiger partial charge in [-0.05, 0) is 54.9 Å². The molecule has 0 radical (unpaired) electrons. The Morgan fingerprint density at radius 3 is 2.41 bits per heavy atom. The van der Waals surface area contributed by atoms with Crippen LogP contribution in [0.1, 0.15) is 38.1 Å². The number of nitro groups is 1. The molecule has 0 fully saturated rings. The lowest BCUT2D eigenvalue weighted by Gasteiger charge is -2.22. The molecular formula is C21H24BrN5O5. The molecule has 0 spiro atoms. The summed E-state index contributed by atoms with van der Waals surface area (Å²) in [7, 11) is 0. The predicted molar refractivity (Wildman–Crippen MR) is 125 cm³/mol. The van der Waals surface area contributed by atoms with Gasteiger partial charge in [0, 0.05) is 37.8 Å². The van der Waals surface area contributed by atoms with E-state index in [1.807, 2.05) is 19.9 Å². The van der Waals surface area contributed by atoms with E-state index in [1.165, 1.54) is 13.0 Å². The number of nitrogens with zero attached hydrogens (tertiary/aromatic N) is 4. The summed E-state index contributed by atoms with van der Waals surface area (Å²) in [6.07, 6.45) is 0. The van der Waals surface area contributed by atoms with Gasteiger partial charge in [0.1, 0.15) is 11.4 Å². The summed E-state index contributed by atoms with van der Waals surface area (Å²) in [5.41, 5.74) is 1.40. The highest BCUT2D eigenvalue weighted by molar-refractivity contribution is 9.10. The summed E-state index contributed by atoms with van der Waals surface area (Å²) in [5.74, 6) is -1.04. The van der Waals surface area contributed by atoms with Crippen LogP contribution in [0.2, 0.25) is 0 Å². The van der Waals surface area contributed by atoms with Crippen LogP contribution in [0.3, 0.4) is 0 Å². The van der Waals surface area contributed by atoms with Crippen molar-refractivity contribution in [3.63, 3.8) is 0 Å². The van der Waals surface area contributed by atoms with Crippen molar-refractivity contribution >= 4 is 56.2 Å². The number of nitro benzene ring substituents is 1. The molecular weight excluding hydrogens is 482 g/mol. The van der Waals surface area contributed by atoms with Crippen LogP contribution in [0.4, 0.5) is 28.4 Å². The second-order valence-electron chi connectivity index (χ2n) is 6.56. The van der Waals surface area contributed by atoms with E-state index in [1.54, 1.807) is 19.1 Å². The van der Waals surface area contributed by atoms with Crippen LogP contribution in [0.25, 0.3) is 0 Å². The van der Waals surface area contributed by atoms with Gasteiger partial charge in [-0.3, -0.25) is 14.9 Å². The normalized spacial score (nSPS) is 10.8. The number of hydrogen-bond acceptors (Lipinski definition) is 8. The topological polar surface area (TPSA) is 126 Å². The van der Waals surface area contributed by atoms with Crippen molar-refractivity contribution in [2.75, 3.05) is 29.9 Å². The standard InChI is InChI=1S/C21H24BrN5O5/c1-5-26(6-2)14-8-9-18(19(12-14)23-13(4)28)24-25-20-16(21(29)32-7-3)10-15(27(30)31)11-17(20)22/h8-12H,5-7H2,1-4H3,(H,23,28). The minimum Gasteiger partial charge on any atom is -0.462 e. The lowest BCUT2D eigenvalue weighted by Crippen LogP contribution is -2.21. The maximum Gasteiger partial charge on any atom is 0.340 e. The van der Waals surface area contributed by atoms with Crippen molar-refractivity contribution in [1.29, 1.82) is 0 Å². The van der Waals surface area contributed by atoms with E-state index in [0.717, 1.165) is 24.8 Å². The molecule has 1 N–H and O–H groups in total. The maximum atomic E-state index is 12.4. The molecule has 1 amide bonds. The Hall–Kier alpha value is -3.34. The first-order chi connectivity index (χ1) is 15.2. The van der Waals surface area contributed by atoms with E-state index >= 15 is 0 Å². The smallest absolute Gasteiger partial charge is 0.340 e. The number of halogens is 1. The first kappa shape index (κ1) is 24.9. The van der Waals surface area contributed by atoms with Crippen molar-refractivity contribution in [3.8, 4) is 0 Å². The number of azo groups is 1. The minimum absolute atomic E-state index is 0.0793. The largest absolute Gasteiger partial charge is 0.462 e. The van der Waals surface area contributed by atoms with Gasteiger partial charge in [-0.15, -0.1) is 10.2 Å². The fourth-order valence-corrected chi connectivity index (χ4v) is 3.47. The molecule has 0 bridgehead atoms. The van der Waals surface area contributed by atoms with Crippen molar-refractivity contribution in [2.24, 2.45) is 10.2 Å². The molecule has 2 aromatic carbocycles. The third-order valence-corrected chi connectivity index (χ3v) is 5.04. The number of anilines is 2. The number of amides is 1. The molecule has 2 rings (SSSR count). The van der Waals surface area contributed by atoms with E-state index in [-0.39, 0.29) is 33.9 Å². The average Bonchev–Trinajstić information content (AvgIpc) is 2.74. The van der Waals surface area contributed by atoms with Crippen LogP contribution in [0.5, 0.6) is 0 Å². The number of carbonyl (C=O) groups is 2. The zero-order valence-electron chi connectivity index (χ0n) is 18.2. The summed E-state index contributed by atoms with van der Waals surface area (Å²) < 4.78 is 5.21. The van der Waals surface area contributed by atoms with Gasteiger partial charge in [-0.25, -0.2) is 4.79 Å². The van der Waals surface area contributed by atoms with E-state index in [2.05, 4.69) is 36.4 Å². The van der Waals surface area contributed by atoms with Crippen LogP contribution in [0, 0.1) is 10.1 Å². The van der Waals surface area contributed by atoms with Gasteiger partial charge in [-0.2, -0.15) is 0 Å². The molecule has 0 aliphatic carbocycles. The predicted octanol–water partition coefficient (Wildman–Crippen LogP) is 5.75. The molecule has 32 heavy (non-hydrogen) atoms. The number of carbonyl (C=O) groups excluding carboxylic acids is 2. The molecule has 2 aromatic rings. The van der Waals surface area contributed by atoms with Crippen LogP contribution in [0.15, 0.2) is 45.0 Å². The zero-order chi connectivity index (χ0) is 23.8. The first-order valence-corrected chi connectivity index (χ1v) is 10.7. The number of esters is 1. The summed E-state index contributed by atoms with van der Waals surface area (Å²) in [6.45, 7) is 8.73. The molecule has 0 saturated heterocycles. The number of rotatable bonds is 9. The van der Waals surface area contributed by atoms with Gasteiger partial charge < -0.3 is 15.0 Å². The highest BCUT2D eigenvalue weighted by Gasteiger charge is 2.21. The second kappa shape index (κ2) is 11.3. The quantitative estimate of drug-likeness (QED) is 0.200. The van der Waals surface area contributed by atoms with Crippen molar-refractivity contribution in [2.45, 2.75) is 27.7 Å². The van der Waals surface area contributed by atoms with Gasteiger partial charge >= 0.3 is 5.97 Å². The van der Waals surface area contributed by atoms with Crippen LogP contribution >= 0.6 is 15.9 Å². The number of ether oxygens (including phenoxy) is 1. The Kier molecular flexibility index (Phi) is 8.82. The molecule has 170 valence electrons. The van der Waals surface area contributed by atoms with E-state index < -0.39 is 10.9 Å². The number of non-ortho nitro benzene ring substituents is 1. The zero-order valence-corrected chi connectivity index (χ0v) is 19.8. The Balaban J connectivity index is 2.57. The van der Waals surface area contributed by atoms with Crippen molar-refractivity contribution in [1.82, 2.24) is 0 Å². The Bertz CT molecular complexity index is 1050. The SMILES string of the molecule is CCOC(=O)c1cc([N+](=O)[O-])cc(Br)c1N=Nc1ccc(N(CC)CC)cc1NC(C)=O. The van der Waals surface area contributed by atoms with E-state index in [0.29, 0.717) is 11.4 Å². The molecule has 0 heterocycles. The summed E-state index contributed by atoms with van der Waals surface area (Å²) in [6, 6.07) is 7.67. The van der Waals surface area contributed by atoms with Crippen LogP contribution < -0.4 is 10.2 Å². The molecule has 0 atom stereocenters. The molecule has 11 heteroatoms. The Morgan fingerprint density at radius 1 is 1.16 bits per heavy atom. The molecule has 0 aliphatic rings. The van der Waals surface area contributed by atoms with Crippen LogP contribution in [-0.4, -0.2) is 36.5 Å². The summed E-state index contributed by atoms with van der Waals surface area (Å²) in [5, 5.41) is 22.3. The van der Waals surface area contributed by atoms with Gasteiger partial charge in [0.2, 0.25) is 5.91 Å². The van der Waals surface area contributed by atoms with Gasteiger partial charge in [-0.1, -0.05) is 0 Å². The summed E-state index contributed by atoms with van der Waals surface area (Å²) in [4.78, 5) is 36.8. The maximum absolute atomic E-state index is 12.4. The van der Waals surface area contributed by atoms with Gasteiger partial charge in [0.15, 0.2) is 0 Å². The molecule has 0 aliphatic heterocycles. The Morgan fingerprint density at radius 2 is 1.84 bits per heavy atom. The molecule has 0 saturated carbocycles. The van der Waals surface area contributed by atoms with Gasteiger partial charge in [0.25, 0.3) is 5.69 Å². The van der Waals surface area contributed by atoms with Crippen LogP contribution in [-0.2, 0) is 9.53 Å². The summed E-state index contributed by atoms with van der Waals surface area (Å²) >= 11 is 3.23. The molecule has 0 unspecified atom stereocenters. The molecule has 10 nitrogen and oxygen atoms in total. The lowest BCUT2D eigenvalue weighted by atomic mass is 10.1. The highest BCUT2D eigenvalue weighted by atomic mass is 79.9. The number of benzene rings is 2. The average molecular weight is 506 g/mol. The van der Waals surface area contributed by atoms with Crippen molar-refractivity contribution < 1.29 is 19.2 Å². The Labute approximate surface area is 193 Å². The third-order valence-electron chi connectivity index (χ3n) is 4.43. The third kappa shape index (κ3) is 6.10.